The van der Waals surface area contributed by atoms with Gasteiger partial charge < -0.3 is 14.8 Å². The van der Waals surface area contributed by atoms with Crippen LogP contribution in [0.4, 0.5) is 0 Å². The highest BCUT2D eigenvalue weighted by Crippen LogP contribution is 2.39. The van der Waals surface area contributed by atoms with Crippen molar-refractivity contribution in [3.63, 3.8) is 0 Å². The molecule has 3 rings (SSSR count). The fraction of sp³-hybridized carbons (Fsp3) is 0.273. The lowest BCUT2D eigenvalue weighted by atomic mass is 9.97. The molecular formula is C11H9ClN2O3. The zero-order chi connectivity index (χ0) is 12.2. The Morgan fingerprint density at radius 2 is 2.29 bits per heavy atom. The lowest BCUT2D eigenvalue weighted by Gasteiger charge is -2.20. The van der Waals surface area contributed by atoms with Crippen LogP contribution < -0.4 is 5.56 Å². The molecule has 1 unspecified atom stereocenters. The van der Waals surface area contributed by atoms with Crippen molar-refractivity contribution >= 4 is 22.6 Å². The standard InChI is InChI=1S/C11H9ClN2O3/c12-6-3-13-7-1-2-8(16)14-4-11(17,5-15)9(6)10(7)14/h1-3,15,17H,4-5H2. The van der Waals surface area contributed by atoms with E-state index in [0.717, 1.165) is 0 Å². The van der Waals surface area contributed by atoms with Gasteiger partial charge in [0, 0.05) is 17.8 Å². The first-order chi connectivity index (χ1) is 8.07. The second kappa shape index (κ2) is 3.29. The van der Waals surface area contributed by atoms with Crippen molar-refractivity contribution < 1.29 is 10.2 Å². The smallest absolute Gasteiger partial charge is 0.251 e. The molecule has 2 aromatic rings. The Hall–Kier alpha value is -1.43. The molecule has 3 heterocycles. The van der Waals surface area contributed by atoms with E-state index in [0.29, 0.717) is 16.6 Å². The summed E-state index contributed by atoms with van der Waals surface area (Å²) in [6, 6.07) is 2.97. The van der Waals surface area contributed by atoms with Gasteiger partial charge in [0.25, 0.3) is 5.56 Å². The largest absolute Gasteiger partial charge is 0.393 e. The highest BCUT2D eigenvalue weighted by atomic mass is 35.5. The lowest BCUT2D eigenvalue weighted by molar-refractivity contribution is -0.0244. The van der Waals surface area contributed by atoms with Crippen molar-refractivity contribution in [1.29, 1.82) is 0 Å². The highest BCUT2D eigenvalue weighted by Gasteiger charge is 2.40. The summed E-state index contributed by atoms with van der Waals surface area (Å²) in [4.78, 5) is 15.8. The molecule has 1 atom stereocenters. The van der Waals surface area contributed by atoms with Gasteiger partial charge in [-0.1, -0.05) is 11.6 Å². The van der Waals surface area contributed by atoms with Crippen LogP contribution in [0, 0.1) is 0 Å². The van der Waals surface area contributed by atoms with Gasteiger partial charge in [0.1, 0.15) is 5.60 Å². The van der Waals surface area contributed by atoms with E-state index >= 15 is 0 Å². The van der Waals surface area contributed by atoms with Crippen LogP contribution in [-0.2, 0) is 12.1 Å². The Bertz CT molecular complexity index is 682. The van der Waals surface area contributed by atoms with Crippen LogP contribution >= 0.6 is 11.6 Å². The fourth-order valence-corrected chi connectivity index (χ4v) is 2.62. The number of pyridine rings is 2. The first kappa shape index (κ1) is 10.7. The van der Waals surface area contributed by atoms with Crippen LogP contribution in [0.1, 0.15) is 5.56 Å². The van der Waals surface area contributed by atoms with Crippen LogP contribution in [-0.4, -0.2) is 26.4 Å². The first-order valence-electron chi connectivity index (χ1n) is 5.08. The maximum Gasteiger partial charge on any atom is 0.251 e. The van der Waals surface area contributed by atoms with Crippen molar-refractivity contribution in [2.24, 2.45) is 0 Å². The van der Waals surface area contributed by atoms with Gasteiger partial charge in [-0.3, -0.25) is 9.78 Å². The van der Waals surface area contributed by atoms with E-state index in [1.807, 2.05) is 0 Å². The SMILES string of the molecule is O=c1ccc2ncc(Cl)c3c2n1CC3(O)CO. The molecule has 5 nitrogen and oxygen atoms in total. The van der Waals surface area contributed by atoms with Crippen LogP contribution in [0.2, 0.25) is 5.02 Å². The number of rotatable bonds is 1. The van der Waals surface area contributed by atoms with Crippen LogP contribution in [0.5, 0.6) is 0 Å². The van der Waals surface area contributed by atoms with Gasteiger partial charge in [-0.25, -0.2) is 0 Å². The minimum absolute atomic E-state index is 0.000417. The zero-order valence-corrected chi connectivity index (χ0v) is 9.48. The van der Waals surface area contributed by atoms with E-state index < -0.39 is 12.2 Å². The van der Waals surface area contributed by atoms with Crippen molar-refractivity contribution in [2.45, 2.75) is 12.1 Å². The Balaban J connectivity index is 2.53. The summed E-state index contributed by atoms with van der Waals surface area (Å²) in [5.41, 5.74) is -0.294. The van der Waals surface area contributed by atoms with Gasteiger partial charge >= 0.3 is 0 Å². The molecule has 0 radical (unpaired) electrons. The summed E-state index contributed by atoms with van der Waals surface area (Å²) < 4.78 is 1.39. The summed E-state index contributed by atoms with van der Waals surface area (Å²) in [6.45, 7) is -0.493. The molecule has 0 amide bonds. The van der Waals surface area contributed by atoms with Gasteiger partial charge in [0.15, 0.2) is 0 Å². The average Bonchev–Trinajstić information content (AvgIpc) is 2.64. The molecule has 0 bridgehead atoms. The summed E-state index contributed by atoms with van der Waals surface area (Å²) in [7, 11) is 0. The number of aliphatic hydroxyl groups is 2. The topological polar surface area (TPSA) is 75.4 Å². The third kappa shape index (κ3) is 1.27. The Labute approximate surface area is 101 Å². The Kier molecular flexibility index (Phi) is 2.07. The minimum Gasteiger partial charge on any atom is -0.393 e. The van der Waals surface area contributed by atoms with E-state index in [1.54, 1.807) is 6.07 Å². The summed E-state index contributed by atoms with van der Waals surface area (Å²) in [5.74, 6) is 0. The molecule has 1 aliphatic heterocycles. The Morgan fingerprint density at radius 3 is 3.00 bits per heavy atom. The van der Waals surface area contributed by atoms with Crippen molar-refractivity contribution in [2.75, 3.05) is 6.61 Å². The second-order valence-corrected chi connectivity index (χ2v) is 4.57. The fourth-order valence-electron chi connectivity index (χ4n) is 2.31. The van der Waals surface area contributed by atoms with Crippen LogP contribution in [0.3, 0.4) is 0 Å². The highest BCUT2D eigenvalue weighted by molar-refractivity contribution is 6.32. The molecule has 1 aliphatic rings. The molecule has 0 aliphatic carbocycles. The van der Waals surface area contributed by atoms with E-state index in [1.165, 1.54) is 16.8 Å². The number of hydrogen-bond donors (Lipinski definition) is 2. The molecule has 2 aromatic heterocycles. The second-order valence-electron chi connectivity index (χ2n) is 4.16. The van der Waals surface area contributed by atoms with Crippen molar-refractivity contribution in [3.05, 3.63) is 39.3 Å². The third-order valence-electron chi connectivity index (χ3n) is 3.10. The van der Waals surface area contributed by atoms with E-state index in [4.69, 9.17) is 11.6 Å². The molecule has 0 saturated carbocycles. The maximum absolute atomic E-state index is 11.7. The minimum atomic E-state index is -1.51. The Morgan fingerprint density at radius 1 is 1.53 bits per heavy atom. The molecule has 88 valence electrons. The number of aromatic nitrogens is 2. The van der Waals surface area contributed by atoms with Crippen LogP contribution in [0.25, 0.3) is 11.0 Å². The predicted octanol–water partition coefficient (Wildman–Crippen LogP) is 0.243. The van der Waals surface area contributed by atoms with Gasteiger partial charge in [-0.05, 0) is 6.07 Å². The van der Waals surface area contributed by atoms with E-state index in [9.17, 15) is 15.0 Å². The summed E-state index contributed by atoms with van der Waals surface area (Å²) >= 11 is 6.00. The lowest BCUT2D eigenvalue weighted by Crippen LogP contribution is -2.33. The molecule has 17 heavy (non-hydrogen) atoms. The normalized spacial score (nSPS) is 22.3. The predicted molar refractivity (Wildman–Crippen MR) is 62.0 cm³/mol. The molecule has 0 fully saturated rings. The van der Waals surface area contributed by atoms with E-state index in [2.05, 4.69) is 4.98 Å². The molecular weight excluding hydrogens is 244 g/mol. The van der Waals surface area contributed by atoms with Crippen molar-refractivity contribution in [3.8, 4) is 0 Å². The van der Waals surface area contributed by atoms with Gasteiger partial charge in [0.05, 0.1) is 29.2 Å². The van der Waals surface area contributed by atoms with E-state index in [-0.39, 0.29) is 17.1 Å². The van der Waals surface area contributed by atoms with Gasteiger partial charge in [0.2, 0.25) is 0 Å². The summed E-state index contributed by atoms with van der Waals surface area (Å²) in [5, 5.41) is 19.9. The molecule has 6 heteroatoms. The monoisotopic (exact) mass is 252 g/mol. The van der Waals surface area contributed by atoms with Gasteiger partial charge in [-0.2, -0.15) is 0 Å². The first-order valence-corrected chi connectivity index (χ1v) is 5.46. The maximum atomic E-state index is 11.7. The van der Waals surface area contributed by atoms with Crippen LogP contribution in [0.15, 0.2) is 23.1 Å². The number of hydrogen-bond acceptors (Lipinski definition) is 4. The van der Waals surface area contributed by atoms with Crippen molar-refractivity contribution in [1.82, 2.24) is 9.55 Å². The number of nitrogens with zero attached hydrogens (tertiary/aromatic N) is 2. The quantitative estimate of drug-likeness (QED) is 0.763. The average molecular weight is 253 g/mol. The molecule has 0 saturated heterocycles. The zero-order valence-electron chi connectivity index (χ0n) is 8.72. The molecule has 2 N–H and O–H groups in total. The number of aliphatic hydroxyl groups excluding tert-OH is 1. The third-order valence-corrected chi connectivity index (χ3v) is 3.39. The summed E-state index contributed by atoms with van der Waals surface area (Å²) in [6.07, 6.45) is 1.42. The molecule has 0 spiro atoms. The van der Waals surface area contributed by atoms with Gasteiger partial charge in [-0.15, -0.1) is 0 Å². The number of halogens is 1. The molecule has 0 aromatic carbocycles.